The van der Waals surface area contributed by atoms with Crippen LogP contribution in [0.15, 0.2) is 48.5 Å². The molecule has 0 aliphatic carbocycles. The first-order valence-corrected chi connectivity index (χ1v) is 10.9. The van der Waals surface area contributed by atoms with Gasteiger partial charge in [-0.1, -0.05) is 23.7 Å². The number of Topliss-reactive ketones (excluding diaryl/α,β-unsaturated/α-hetero) is 1. The molecule has 4 aromatic rings. The Labute approximate surface area is 194 Å². The monoisotopic (exact) mass is 465 g/mol. The number of pyridine rings is 1. The number of aryl methyl sites for hydroxylation is 1. The number of aromatic nitrogens is 1. The van der Waals surface area contributed by atoms with Crippen LogP contribution in [-0.2, 0) is 0 Å². The van der Waals surface area contributed by atoms with E-state index in [1.165, 1.54) is 18.3 Å². The Morgan fingerprint density at radius 1 is 1.09 bits per heavy atom. The maximum Gasteiger partial charge on any atom is 0.267 e. The first-order valence-electron chi connectivity index (χ1n) is 9.75. The summed E-state index contributed by atoms with van der Waals surface area (Å²) in [5.41, 5.74) is 9.90. The molecule has 0 saturated carbocycles. The molecule has 0 fully saturated rings. The molecule has 8 heteroatoms. The molecule has 0 aliphatic heterocycles. The molecule has 0 unspecified atom stereocenters. The molecule has 2 aromatic carbocycles. The first-order chi connectivity index (χ1) is 15.3. The van der Waals surface area contributed by atoms with E-state index in [4.69, 9.17) is 22.1 Å². The van der Waals surface area contributed by atoms with Crippen LogP contribution in [0, 0.1) is 6.92 Å². The minimum Gasteiger partial charge on any atom is -0.497 e. The third kappa shape index (κ3) is 3.92. The fourth-order valence-corrected chi connectivity index (χ4v) is 4.80. The number of ketones is 1. The third-order valence-electron chi connectivity index (χ3n) is 5.10. The number of rotatable bonds is 5. The molecule has 0 bridgehead atoms. The van der Waals surface area contributed by atoms with Crippen molar-refractivity contribution < 1.29 is 14.3 Å². The molecule has 32 heavy (non-hydrogen) atoms. The Hall–Kier alpha value is -3.42. The van der Waals surface area contributed by atoms with E-state index in [1.54, 1.807) is 38.3 Å². The molecular formula is C24H20ClN3O3S. The van der Waals surface area contributed by atoms with Crippen molar-refractivity contribution in [3.8, 4) is 16.9 Å². The minimum atomic E-state index is -0.351. The fraction of sp³-hybridized carbons (Fsp3) is 0.125. The van der Waals surface area contributed by atoms with Gasteiger partial charge in [0, 0.05) is 27.2 Å². The lowest BCUT2D eigenvalue weighted by atomic mass is 9.93. The second-order valence-electron chi connectivity index (χ2n) is 7.22. The zero-order chi connectivity index (χ0) is 23.0. The van der Waals surface area contributed by atoms with E-state index < -0.39 is 0 Å². The number of nitrogen functional groups attached to an aromatic ring is 1. The zero-order valence-electron chi connectivity index (χ0n) is 17.7. The third-order valence-corrected chi connectivity index (χ3v) is 6.45. The van der Waals surface area contributed by atoms with Gasteiger partial charge in [0.1, 0.15) is 15.5 Å². The lowest BCUT2D eigenvalue weighted by molar-refractivity contribution is 0.101. The molecule has 0 radical (unpaired) electrons. The van der Waals surface area contributed by atoms with Crippen molar-refractivity contribution in [1.29, 1.82) is 0 Å². The molecule has 2 heterocycles. The standard InChI is InChI=1S/C24H20ClN3O3S/c1-12-18(13(2)29)19(14-4-10-17(31-3)11-5-14)20-21(26)22(32-24(20)27-12)23(30)28-16-8-6-15(25)7-9-16/h4-11H,26H2,1-3H3,(H,28,30). The summed E-state index contributed by atoms with van der Waals surface area (Å²) in [6.07, 6.45) is 0. The summed E-state index contributed by atoms with van der Waals surface area (Å²) in [6.45, 7) is 3.28. The van der Waals surface area contributed by atoms with Gasteiger partial charge in [-0.25, -0.2) is 4.98 Å². The largest absolute Gasteiger partial charge is 0.497 e. The van der Waals surface area contributed by atoms with Gasteiger partial charge in [0.2, 0.25) is 0 Å². The maximum atomic E-state index is 13.0. The van der Waals surface area contributed by atoms with Gasteiger partial charge in [-0.3, -0.25) is 9.59 Å². The highest BCUT2D eigenvalue weighted by atomic mass is 35.5. The van der Waals surface area contributed by atoms with Gasteiger partial charge in [-0.15, -0.1) is 11.3 Å². The van der Waals surface area contributed by atoms with Crippen LogP contribution >= 0.6 is 22.9 Å². The second-order valence-corrected chi connectivity index (χ2v) is 8.65. The summed E-state index contributed by atoms with van der Waals surface area (Å²) in [5.74, 6) is 0.220. The normalized spacial score (nSPS) is 10.9. The number of anilines is 2. The fourth-order valence-electron chi connectivity index (χ4n) is 3.63. The predicted octanol–water partition coefficient (Wildman–Crippen LogP) is 5.97. The Balaban J connectivity index is 1.90. The van der Waals surface area contributed by atoms with Crippen molar-refractivity contribution >= 4 is 56.2 Å². The van der Waals surface area contributed by atoms with E-state index in [0.29, 0.717) is 48.4 Å². The number of benzene rings is 2. The number of carbonyl (C=O) groups excluding carboxylic acids is 2. The number of halogens is 1. The minimum absolute atomic E-state index is 0.125. The van der Waals surface area contributed by atoms with Crippen LogP contribution in [0.4, 0.5) is 11.4 Å². The molecule has 2 aromatic heterocycles. The van der Waals surface area contributed by atoms with Crippen molar-refractivity contribution in [3.05, 3.63) is 69.7 Å². The summed E-state index contributed by atoms with van der Waals surface area (Å²) < 4.78 is 5.25. The number of nitrogens with two attached hydrogens (primary N) is 1. The van der Waals surface area contributed by atoms with E-state index in [1.807, 2.05) is 24.3 Å². The average Bonchev–Trinajstić information content (AvgIpc) is 3.10. The van der Waals surface area contributed by atoms with Crippen LogP contribution in [-0.4, -0.2) is 23.8 Å². The van der Waals surface area contributed by atoms with Gasteiger partial charge < -0.3 is 15.8 Å². The maximum absolute atomic E-state index is 13.0. The van der Waals surface area contributed by atoms with E-state index in [0.717, 1.165) is 5.56 Å². The molecule has 4 rings (SSSR count). The lowest BCUT2D eigenvalue weighted by Crippen LogP contribution is -2.12. The molecule has 3 N–H and O–H groups in total. The first kappa shape index (κ1) is 21.8. The number of ether oxygens (including phenoxy) is 1. The van der Waals surface area contributed by atoms with E-state index in [9.17, 15) is 9.59 Å². The molecule has 1 amide bonds. The van der Waals surface area contributed by atoms with Crippen molar-refractivity contribution in [2.75, 3.05) is 18.2 Å². The highest BCUT2D eigenvalue weighted by molar-refractivity contribution is 7.21. The number of methoxy groups -OCH3 is 1. The van der Waals surface area contributed by atoms with Gasteiger partial charge in [0.25, 0.3) is 5.91 Å². The number of hydrogen-bond donors (Lipinski definition) is 2. The van der Waals surface area contributed by atoms with Crippen LogP contribution in [0.3, 0.4) is 0 Å². The van der Waals surface area contributed by atoms with Gasteiger partial charge in [0.15, 0.2) is 5.78 Å². The van der Waals surface area contributed by atoms with Gasteiger partial charge in [0.05, 0.1) is 18.5 Å². The lowest BCUT2D eigenvalue weighted by Gasteiger charge is -2.13. The van der Waals surface area contributed by atoms with Crippen LogP contribution in [0.5, 0.6) is 5.75 Å². The number of hydrogen-bond acceptors (Lipinski definition) is 6. The van der Waals surface area contributed by atoms with Gasteiger partial charge >= 0.3 is 0 Å². The Kier molecular flexibility index (Phi) is 5.86. The summed E-state index contributed by atoms with van der Waals surface area (Å²) in [4.78, 5) is 31.1. The second kappa shape index (κ2) is 8.61. The Morgan fingerprint density at radius 3 is 2.34 bits per heavy atom. The predicted molar refractivity (Wildman–Crippen MR) is 130 cm³/mol. The molecule has 162 valence electrons. The van der Waals surface area contributed by atoms with Gasteiger partial charge in [-0.05, 0) is 55.8 Å². The topological polar surface area (TPSA) is 94.3 Å². The van der Waals surface area contributed by atoms with Crippen molar-refractivity contribution in [2.24, 2.45) is 0 Å². The number of nitrogens with zero attached hydrogens (tertiary/aromatic N) is 1. The van der Waals surface area contributed by atoms with Gasteiger partial charge in [-0.2, -0.15) is 0 Å². The highest BCUT2D eigenvalue weighted by Crippen LogP contribution is 2.42. The van der Waals surface area contributed by atoms with Crippen LogP contribution in [0.25, 0.3) is 21.3 Å². The van der Waals surface area contributed by atoms with Crippen molar-refractivity contribution in [3.63, 3.8) is 0 Å². The van der Waals surface area contributed by atoms with E-state index in [-0.39, 0.29) is 17.4 Å². The number of amides is 1. The Morgan fingerprint density at radius 2 is 1.75 bits per heavy atom. The van der Waals surface area contributed by atoms with E-state index >= 15 is 0 Å². The summed E-state index contributed by atoms with van der Waals surface area (Å²) in [5, 5.41) is 4.00. The SMILES string of the molecule is COc1ccc(-c2c(C(C)=O)c(C)nc3sc(C(=O)Nc4ccc(Cl)cc4)c(N)c23)cc1. The average molecular weight is 466 g/mol. The van der Waals surface area contributed by atoms with E-state index in [2.05, 4.69) is 10.3 Å². The number of thiophene rings is 1. The van der Waals surface area contributed by atoms with Crippen LogP contribution < -0.4 is 15.8 Å². The van der Waals surface area contributed by atoms with Crippen LogP contribution in [0.2, 0.25) is 5.02 Å². The summed E-state index contributed by atoms with van der Waals surface area (Å²) >= 11 is 7.11. The molecule has 0 spiro atoms. The molecule has 0 atom stereocenters. The summed E-state index contributed by atoms with van der Waals surface area (Å²) in [6, 6.07) is 14.2. The quantitative estimate of drug-likeness (QED) is 0.354. The van der Waals surface area contributed by atoms with Crippen molar-refractivity contribution in [2.45, 2.75) is 13.8 Å². The van der Waals surface area contributed by atoms with Crippen LogP contribution in [0.1, 0.15) is 32.6 Å². The highest BCUT2D eigenvalue weighted by Gasteiger charge is 2.25. The smallest absolute Gasteiger partial charge is 0.267 e. The molecule has 6 nitrogen and oxygen atoms in total. The molecule has 0 aliphatic rings. The summed E-state index contributed by atoms with van der Waals surface area (Å²) in [7, 11) is 1.59. The molecule has 0 saturated heterocycles. The zero-order valence-corrected chi connectivity index (χ0v) is 19.2. The van der Waals surface area contributed by atoms with Crippen molar-refractivity contribution in [1.82, 2.24) is 4.98 Å². The number of fused-ring (bicyclic) bond motifs is 1. The molecular weight excluding hydrogens is 446 g/mol. The number of nitrogens with one attached hydrogen (secondary N) is 1. The Bertz CT molecular complexity index is 1350. The number of carbonyl (C=O) groups is 2.